The molecule has 0 aliphatic heterocycles. The summed E-state index contributed by atoms with van der Waals surface area (Å²) in [4.78, 5) is 11.9. The molecule has 1 fully saturated rings. The molecule has 1 aliphatic rings. The summed E-state index contributed by atoms with van der Waals surface area (Å²) in [6.45, 7) is 4.44. The molecule has 1 amide bonds. The van der Waals surface area contributed by atoms with E-state index in [9.17, 15) is 4.79 Å². The van der Waals surface area contributed by atoms with E-state index >= 15 is 0 Å². The Morgan fingerprint density at radius 3 is 2.81 bits per heavy atom. The summed E-state index contributed by atoms with van der Waals surface area (Å²) in [6, 6.07) is 0. The Balaban J connectivity index is 2.68. The van der Waals surface area contributed by atoms with Crippen LogP contribution in [0.2, 0.25) is 0 Å². The number of methoxy groups -OCH3 is 1. The highest BCUT2D eigenvalue weighted by Crippen LogP contribution is 2.32. The normalized spacial score (nSPS) is 32.1. The van der Waals surface area contributed by atoms with Crippen molar-refractivity contribution in [1.82, 2.24) is 5.32 Å². The predicted molar refractivity (Wildman–Crippen MR) is 64.0 cm³/mol. The summed E-state index contributed by atoms with van der Waals surface area (Å²) in [5.74, 6) is 0.390. The van der Waals surface area contributed by atoms with Crippen molar-refractivity contribution in [2.75, 3.05) is 13.7 Å². The van der Waals surface area contributed by atoms with E-state index in [0.717, 1.165) is 19.3 Å². The molecule has 0 aromatic carbocycles. The van der Waals surface area contributed by atoms with Crippen LogP contribution in [0.15, 0.2) is 0 Å². The van der Waals surface area contributed by atoms with E-state index in [-0.39, 0.29) is 11.4 Å². The van der Waals surface area contributed by atoms with Crippen molar-refractivity contribution in [1.29, 1.82) is 0 Å². The molecule has 3 unspecified atom stereocenters. The summed E-state index contributed by atoms with van der Waals surface area (Å²) < 4.78 is 5.03. The third kappa shape index (κ3) is 2.74. The summed E-state index contributed by atoms with van der Waals surface area (Å²) in [5.41, 5.74) is 5.64. The van der Waals surface area contributed by atoms with Crippen LogP contribution in [-0.2, 0) is 9.53 Å². The summed E-state index contributed by atoms with van der Waals surface area (Å²) in [6.07, 6.45) is 4.09. The fourth-order valence-corrected chi connectivity index (χ4v) is 2.41. The molecule has 1 saturated carbocycles. The molecule has 4 nitrogen and oxygen atoms in total. The minimum absolute atomic E-state index is 0.0540. The lowest BCUT2D eigenvalue weighted by molar-refractivity contribution is -0.133. The number of carbonyl (C=O) groups is 1. The standard InChI is InChI=1S/C12H24N2O2/c1-9-6-4-5-7-12(9,8-13)14-11(15)10(2)16-3/h9-10H,4-8,13H2,1-3H3,(H,14,15). The van der Waals surface area contributed by atoms with Crippen LogP contribution < -0.4 is 11.1 Å². The quantitative estimate of drug-likeness (QED) is 0.756. The minimum atomic E-state index is -0.405. The molecule has 0 heterocycles. The Hall–Kier alpha value is -0.610. The molecule has 0 saturated heterocycles. The highest BCUT2D eigenvalue weighted by atomic mass is 16.5. The van der Waals surface area contributed by atoms with Gasteiger partial charge in [-0.25, -0.2) is 0 Å². The molecule has 0 aromatic heterocycles. The van der Waals surface area contributed by atoms with Crippen molar-refractivity contribution < 1.29 is 9.53 Å². The topological polar surface area (TPSA) is 64.3 Å². The second-order valence-electron chi connectivity index (χ2n) is 4.87. The Bertz CT molecular complexity index is 245. The van der Waals surface area contributed by atoms with Gasteiger partial charge in [-0.15, -0.1) is 0 Å². The van der Waals surface area contributed by atoms with Gasteiger partial charge in [-0.3, -0.25) is 4.79 Å². The number of hydrogen-bond acceptors (Lipinski definition) is 3. The average Bonchev–Trinajstić information content (AvgIpc) is 2.31. The van der Waals surface area contributed by atoms with Crippen LogP contribution in [0.5, 0.6) is 0 Å². The fourth-order valence-electron chi connectivity index (χ4n) is 2.41. The second kappa shape index (κ2) is 5.64. The van der Waals surface area contributed by atoms with Gasteiger partial charge in [0, 0.05) is 13.7 Å². The molecule has 4 heteroatoms. The van der Waals surface area contributed by atoms with Crippen LogP contribution in [0.3, 0.4) is 0 Å². The third-order valence-electron chi connectivity index (χ3n) is 3.91. The van der Waals surface area contributed by atoms with Gasteiger partial charge in [0.2, 0.25) is 5.91 Å². The molecule has 94 valence electrons. The first kappa shape index (κ1) is 13.5. The summed E-state index contributed by atoms with van der Waals surface area (Å²) in [7, 11) is 1.55. The van der Waals surface area contributed by atoms with E-state index in [1.807, 2.05) is 0 Å². The monoisotopic (exact) mass is 228 g/mol. The van der Waals surface area contributed by atoms with E-state index in [1.165, 1.54) is 6.42 Å². The van der Waals surface area contributed by atoms with Gasteiger partial charge >= 0.3 is 0 Å². The van der Waals surface area contributed by atoms with Gasteiger partial charge in [-0.05, 0) is 25.7 Å². The average molecular weight is 228 g/mol. The van der Waals surface area contributed by atoms with Gasteiger partial charge in [0.05, 0.1) is 5.54 Å². The minimum Gasteiger partial charge on any atom is -0.372 e. The molecule has 0 radical (unpaired) electrons. The molecule has 3 N–H and O–H groups in total. The highest BCUT2D eigenvalue weighted by molar-refractivity contribution is 5.81. The largest absolute Gasteiger partial charge is 0.372 e. The van der Waals surface area contributed by atoms with E-state index in [1.54, 1.807) is 14.0 Å². The van der Waals surface area contributed by atoms with Crippen LogP contribution in [0, 0.1) is 5.92 Å². The van der Waals surface area contributed by atoms with Gasteiger partial charge in [0.25, 0.3) is 0 Å². The lowest BCUT2D eigenvalue weighted by Gasteiger charge is -2.43. The van der Waals surface area contributed by atoms with Crippen LogP contribution >= 0.6 is 0 Å². The van der Waals surface area contributed by atoms with E-state index in [0.29, 0.717) is 12.5 Å². The first-order chi connectivity index (χ1) is 7.55. The van der Waals surface area contributed by atoms with Crippen molar-refractivity contribution in [3.8, 4) is 0 Å². The zero-order valence-corrected chi connectivity index (χ0v) is 10.6. The first-order valence-electron chi connectivity index (χ1n) is 6.10. The molecule has 1 aliphatic carbocycles. The summed E-state index contributed by atoms with van der Waals surface area (Å²) in [5, 5.41) is 3.09. The Kier molecular flexibility index (Phi) is 4.74. The molecule has 0 bridgehead atoms. The van der Waals surface area contributed by atoms with Gasteiger partial charge in [-0.2, -0.15) is 0 Å². The van der Waals surface area contributed by atoms with Crippen molar-refractivity contribution in [2.24, 2.45) is 11.7 Å². The SMILES string of the molecule is COC(C)C(=O)NC1(CN)CCCCC1C. The lowest BCUT2D eigenvalue weighted by atomic mass is 9.73. The van der Waals surface area contributed by atoms with Crippen LogP contribution in [-0.4, -0.2) is 31.2 Å². The molecular weight excluding hydrogens is 204 g/mol. The smallest absolute Gasteiger partial charge is 0.249 e. The van der Waals surface area contributed by atoms with Crippen LogP contribution in [0.4, 0.5) is 0 Å². The number of hydrogen-bond donors (Lipinski definition) is 2. The number of carbonyl (C=O) groups excluding carboxylic acids is 1. The Morgan fingerprint density at radius 2 is 2.31 bits per heavy atom. The maximum absolute atomic E-state index is 11.9. The third-order valence-corrected chi connectivity index (χ3v) is 3.91. The number of nitrogens with one attached hydrogen (secondary N) is 1. The maximum Gasteiger partial charge on any atom is 0.249 e. The molecular formula is C12H24N2O2. The van der Waals surface area contributed by atoms with Crippen molar-refractivity contribution in [2.45, 2.75) is 51.2 Å². The molecule has 3 atom stereocenters. The first-order valence-corrected chi connectivity index (χ1v) is 6.10. The molecule has 0 aromatic rings. The Morgan fingerprint density at radius 1 is 1.62 bits per heavy atom. The lowest BCUT2D eigenvalue weighted by Crippen LogP contribution is -2.60. The van der Waals surface area contributed by atoms with Gasteiger partial charge in [0.1, 0.15) is 6.10 Å². The van der Waals surface area contributed by atoms with Crippen molar-refractivity contribution >= 4 is 5.91 Å². The van der Waals surface area contributed by atoms with E-state index in [4.69, 9.17) is 10.5 Å². The number of ether oxygens (including phenoxy) is 1. The predicted octanol–water partition coefficient (Wildman–Crippen LogP) is 1.05. The second-order valence-corrected chi connectivity index (χ2v) is 4.87. The van der Waals surface area contributed by atoms with Crippen molar-refractivity contribution in [3.05, 3.63) is 0 Å². The fraction of sp³-hybridized carbons (Fsp3) is 0.917. The maximum atomic E-state index is 11.9. The van der Waals surface area contributed by atoms with Crippen LogP contribution in [0.25, 0.3) is 0 Å². The van der Waals surface area contributed by atoms with Crippen LogP contribution in [0.1, 0.15) is 39.5 Å². The molecule has 0 spiro atoms. The van der Waals surface area contributed by atoms with E-state index < -0.39 is 6.10 Å². The molecule has 1 rings (SSSR count). The number of rotatable bonds is 4. The summed E-state index contributed by atoms with van der Waals surface area (Å²) >= 11 is 0. The number of nitrogens with two attached hydrogens (primary N) is 1. The van der Waals surface area contributed by atoms with Crippen molar-refractivity contribution in [3.63, 3.8) is 0 Å². The zero-order chi connectivity index (χ0) is 12.2. The zero-order valence-electron chi connectivity index (χ0n) is 10.6. The van der Waals surface area contributed by atoms with Gasteiger partial charge in [-0.1, -0.05) is 19.8 Å². The van der Waals surface area contributed by atoms with E-state index in [2.05, 4.69) is 12.2 Å². The van der Waals surface area contributed by atoms with Gasteiger partial charge in [0.15, 0.2) is 0 Å². The highest BCUT2D eigenvalue weighted by Gasteiger charge is 2.38. The van der Waals surface area contributed by atoms with Gasteiger partial charge < -0.3 is 15.8 Å². The Labute approximate surface area is 97.9 Å². The number of amides is 1. The molecule has 16 heavy (non-hydrogen) atoms.